The van der Waals surface area contributed by atoms with Crippen LogP contribution in [0.3, 0.4) is 0 Å². The molecule has 4 aromatic carbocycles. The van der Waals surface area contributed by atoms with Gasteiger partial charge in [0.15, 0.2) is 0 Å². The van der Waals surface area contributed by atoms with E-state index in [9.17, 15) is 0 Å². The number of rotatable bonds is 4. The van der Waals surface area contributed by atoms with Gasteiger partial charge in [0.05, 0.1) is 0 Å². The van der Waals surface area contributed by atoms with E-state index in [1.165, 1.54) is 46.2 Å². The van der Waals surface area contributed by atoms with Crippen molar-refractivity contribution in [3.05, 3.63) is 103 Å². The summed E-state index contributed by atoms with van der Waals surface area (Å²) >= 11 is 0. The molecule has 1 aliphatic rings. The second-order valence-electron chi connectivity index (χ2n) is 9.01. The largest absolute Gasteiger partial charge is 0.399 e. The Kier molecular flexibility index (Phi) is 5.79. The van der Waals surface area contributed by atoms with Crippen LogP contribution >= 0.6 is 0 Å². The second-order valence-corrected chi connectivity index (χ2v) is 9.01. The van der Waals surface area contributed by atoms with Gasteiger partial charge in [0, 0.05) is 11.7 Å². The van der Waals surface area contributed by atoms with Gasteiger partial charge >= 0.3 is 0 Å². The van der Waals surface area contributed by atoms with Gasteiger partial charge in [-0.3, -0.25) is 0 Å². The van der Waals surface area contributed by atoms with E-state index in [-0.39, 0.29) is 0 Å². The number of anilines is 1. The van der Waals surface area contributed by atoms with Crippen molar-refractivity contribution in [3.63, 3.8) is 0 Å². The normalized spacial score (nSPS) is 18.4. The van der Waals surface area contributed by atoms with Crippen molar-refractivity contribution in [3.8, 4) is 33.4 Å². The van der Waals surface area contributed by atoms with Crippen molar-refractivity contribution >= 4 is 5.69 Å². The minimum atomic E-state index is 0.400. The quantitative estimate of drug-likeness (QED) is 0.343. The maximum absolute atomic E-state index is 6.06. The molecule has 0 unspecified atom stereocenters. The topological polar surface area (TPSA) is 52.0 Å². The van der Waals surface area contributed by atoms with Crippen LogP contribution in [-0.4, -0.2) is 6.04 Å². The van der Waals surface area contributed by atoms with E-state index in [1.54, 1.807) is 0 Å². The highest BCUT2D eigenvalue weighted by atomic mass is 14.6. The van der Waals surface area contributed by atoms with Crippen LogP contribution in [0.1, 0.15) is 37.2 Å². The van der Waals surface area contributed by atoms with E-state index in [2.05, 4.69) is 78.9 Å². The summed E-state index contributed by atoms with van der Waals surface area (Å²) in [5.41, 5.74) is 21.5. The molecule has 4 aromatic rings. The molecule has 5 rings (SSSR count). The van der Waals surface area contributed by atoms with E-state index in [4.69, 9.17) is 11.5 Å². The average molecular weight is 419 g/mol. The average Bonchev–Trinajstić information content (AvgIpc) is 2.85. The van der Waals surface area contributed by atoms with Crippen LogP contribution in [0.25, 0.3) is 33.4 Å². The summed E-state index contributed by atoms with van der Waals surface area (Å²) in [6.45, 7) is 0. The molecule has 0 aromatic heterocycles. The molecular formula is C30H30N2. The highest BCUT2D eigenvalue weighted by Gasteiger charge is 2.19. The van der Waals surface area contributed by atoms with Gasteiger partial charge in [0.25, 0.3) is 0 Å². The third-order valence-corrected chi connectivity index (χ3v) is 6.81. The molecule has 0 bridgehead atoms. The number of hydrogen-bond donors (Lipinski definition) is 2. The zero-order valence-electron chi connectivity index (χ0n) is 18.4. The summed E-state index contributed by atoms with van der Waals surface area (Å²) in [4.78, 5) is 0. The molecule has 2 heteroatoms. The van der Waals surface area contributed by atoms with E-state index in [1.807, 2.05) is 18.2 Å². The number of hydrogen-bond acceptors (Lipinski definition) is 2. The molecule has 0 amide bonds. The Labute approximate surface area is 190 Å². The van der Waals surface area contributed by atoms with Crippen LogP contribution in [-0.2, 0) is 0 Å². The zero-order valence-corrected chi connectivity index (χ0v) is 18.4. The predicted molar refractivity (Wildman–Crippen MR) is 136 cm³/mol. The molecule has 0 aliphatic heterocycles. The minimum absolute atomic E-state index is 0.400. The lowest BCUT2D eigenvalue weighted by Gasteiger charge is -2.26. The van der Waals surface area contributed by atoms with Crippen LogP contribution < -0.4 is 11.5 Å². The highest BCUT2D eigenvalue weighted by molar-refractivity contribution is 5.74. The van der Waals surface area contributed by atoms with Crippen LogP contribution in [0.4, 0.5) is 5.69 Å². The zero-order chi connectivity index (χ0) is 21.9. The minimum Gasteiger partial charge on any atom is -0.399 e. The number of benzene rings is 4. The Morgan fingerprint density at radius 1 is 0.500 bits per heavy atom. The van der Waals surface area contributed by atoms with Crippen molar-refractivity contribution in [2.45, 2.75) is 37.6 Å². The first-order chi connectivity index (χ1) is 15.7. The Hall–Kier alpha value is -3.36. The van der Waals surface area contributed by atoms with Gasteiger partial charge < -0.3 is 11.5 Å². The summed E-state index contributed by atoms with van der Waals surface area (Å²) in [7, 11) is 0. The van der Waals surface area contributed by atoms with Crippen LogP contribution in [0.2, 0.25) is 0 Å². The standard InChI is InChI=1S/C30H30N2/c31-29-18-16-26(17-19-29)25-10-8-22(9-11-25)21-4-6-23(7-5-21)24-12-14-27(15-13-24)28-2-1-3-30(32)20-28/h1-15,20,26,29H,16-19,31-32H2. The fraction of sp³-hybridized carbons (Fsp3) is 0.200. The van der Waals surface area contributed by atoms with E-state index in [0.29, 0.717) is 12.0 Å². The molecule has 1 aliphatic carbocycles. The summed E-state index contributed by atoms with van der Waals surface area (Å²) < 4.78 is 0. The van der Waals surface area contributed by atoms with Crippen molar-refractivity contribution in [2.24, 2.45) is 5.73 Å². The fourth-order valence-corrected chi connectivity index (χ4v) is 4.83. The summed E-state index contributed by atoms with van der Waals surface area (Å²) in [6.07, 6.45) is 4.72. The van der Waals surface area contributed by atoms with Gasteiger partial charge in [0.1, 0.15) is 0 Å². The first-order valence-electron chi connectivity index (χ1n) is 11.6. The fourth-order valence-electron chi connectivity index (χ4n) is 4.83. The monoisotopic (exact) mass is 418 g/mol. The number of nitrogens with two attached hydrogens (primary N) is 2. The molecule has 0 spiro atoms. The molecule has 2 nitrogen and oxygen atoms in total. The molecule has 1 saturated carbocycles. The van der Waals surface area contributed by atoms with Crippen molar-refractivity contribution in [1.82, 2.24) is 0 Å². The first kappa shape index (κ1) is 20.5. The lowest BCUT2D eigenvalue weighted by atomic mass is 9.82. The lowest BCUT2D eigenvalue weighted by Crippen LogP contribution is -2.25. The third kappa shape index (κ3) is 4.46. The van der Waals surface area contributed by atoms with Gasteiger partial charge in [0.2, 0.25) is 0 Å². The summed E-state index contributed by atoms with van der Waals surface area (Å²) in [6, 6.07) is 35.1. The van der Waals surface area contributed by atoms with Gasteiger partial charge in [-0.25, -0.2) is 0 Å². The molecule has 0 radical (unpaired) electrons. The van der Waals surface area contributed by atoms with Crippen molar-refractivity contribution < 1.29 is 0 Å². The molecule has 32 heavy (non-hydrogen) atoms. The van der Waals surface area contributed by atoms with E-state index in [0.717, 1.165) is 24.1 Å². The maximum atomic E-state index is 6.06. The molecule has 0 heterocycles. The van der Waals surface area contributed by atoms with Gasteiger partial charge in [-0.05, 0) is 82.7 Å². The Balaban J connectivity index is 1.30. The van der Waals surface area contributed by atoms with Crippen molar-refractivity contribution in [1.29, 1.82) is 0 Å². The first-order valence-corrected chi connectivity index (χ1v) is 11.6. The van der Waals surface area contributed by atoms with Gasteiger partial charge in [-0.1, -0.05) is 84.9 Å². The van der Waals surface area contributed by atoms with E-state index < -0.39 is 0 Å². The van der Waals surface area contributed by atoms with Crippen LogP contribution in [0, 0.1) is 0 Å². The third-order valence-electron chi connectivity index (χ3n) is 6.81. The van der Waals surface area contributed by atoms with Crippen molar-refractivity contribution in [2.75, 3.05) is 5.73 Å². The SMILES string of the molecule is Nc1cccc(-c2ccc(-c3ccc(-c4ccc(C5CCC(N)CC5)cc4)cc3)cc2)c1. The summed E-state index contributed by atoms with van der Waals surface area (Å²) in [5.74, 6) is 0.668. The molecule has 0 saturated heterocycles. The molecule has 1 fully saturated rings. The maximum Gasteiger partial charge on any atom is 0.0320 e. The highest BCUT2D eigenvalue weighted by Crippen LogP contribution is 2.34. The Morgan fingerprint density at radius 3 is 1.41 bits per heavy atom. The molecular weight excluding hydrogens is 388 g/mol. The molecule has 4 N–H and O–H groups in total. The Bertz CT molecular complexity index is 1170. The molecule has 160 valence electrons. The second kappa shape index (κ2) is 9.02. The van der Waals surface area contributed by atoms with Gasteiger partial charge in [-0.2, -0.15) is 0 Å². The van der Waals surface area contributed by atoms with E-state index >= 15 is 0 Å². The Morgan fingerprint density at radius 2 is 0.938 bits per heavy atom. The smallest absolute Gasteiger partial charge is 0.0320 e. The van der Waals surface area contributed by atoms with Crippen LogP contribution in [0.15, 0.2) is 97.1 Å². The van der Waals surface area contributed by atoms with Gasteiger partial charge in [-0.15, -0.1) is 0 Å². The number of nitrogen functional groups attached to an aromatic ring is 1. The van der Waals surface area contributed by atoms with Crippen LogP contribution in [0.5, 0.6) is 0 Å². The lowest BCUT2D eigenvalue weighted by molar-refractivity contribution is 0.395. The molecule has 0 atom stereocenters. The predicted octanol–water partition coefficient (Wildman–Crippen LogP) is 7.25. The summed E-state index contributed by atoms with van der Waals surface area (Å²) in [5, 5.41) is 0.